The van der Waals surface area contributed by atoms with Crippen LogP contribution in [-0.4, -0.2) is 72.1 Å². The van der Waals surface area contributed by atoms with Crippen molar-refractivity contribution < 1.29 is 4.79 Å². The van der Waals surface area contributed by atoms with E-state index in [4.69, 9.17) is 4.98 Å². The number of hydrogen-bond donors (Lipinski definition) is 4. The van der Waals surface area contributed by atoms with Crippen molar-refractivity contribution in [3.05, 3.63) is 80.5 Å². The number of pyridine rings is 2. The summed E-state index contributed by atoms with van der Waals surface area (Å²) in [6.45, 7) is 17.2. The number of carbonyl (C=O) groups excluding carboxylic acids is 1. The van der Waals surface area contributed by atoms with E-state index in [9.17, 15) is 9.59 Å². The van der Waals surface area contributed by atoms with Gasteiger partial charge in [0.2, 0.25) is 0 Å². The molecule has 5 rings (SSSR count). The first-order chi connectivity index (χ1) is 20.7. The van der Waals surface area contributed by atoms with Crippen LogP contribution in [0.2, 0.25) is 0 Å². The average Bonchev–Trinajstić information content (AvgIpc) is 2.99. The Morgan fingerprint density at radius 1 is 1.09 bits per heavy atom. The van der Waals surface area contributed by atoms with Gasteiger partial charge in [-0.15, -0.1) is 0 Å². The van der Waals surface area contributed by atoms with Crippen molar-refractivity contribution in [2.24, 2.45) is 0 Å². The number of amides is 1. The van der Waals surface area contributed by atoms with Gasteiger partial charge in [-0.25, -0.2) is 0 Å². The fraction of sp³-hybridized carbons (Fsp3) is 0.500. The topological polar surface area (TPSA) is 105 Å². The Balaban J connectivity index is 1.47. The monoisotopic (exact) mass is 585 g/mol. The summed E-state index contributed by atoms with van der Waals surface area (Å²) in [5, 5.41) is 10.0. The Morgan fingerprint density at radius 2 is 1.88 bits per heavy atom. The summed E-state index contributed by atoms with van der Waals surface area (Å²) >= 11 is 0. The molecular weight excluding hydrogens is 538 g/mol. The van der Waals surface area contributed by atoms with Crippen LogP contribution in [0, 0.1) is 20.8 Å². The van der Waals surface area contributed by atoms with Gasteiger partial charge in [-0.05, 0) is 95.0 Å². The number of aryl methyl sites for hydroxylation is 2. The predicted octanol–water partition coefficient (Wildman–Crippen LogP) is 3.66. The summed E-state index contributed by atoms with van der Waals surface area (Å²) in [6.07, 6.45) is 4.05. The minimum absolute atomic E-state index is 0.159. The van der Waals surface area contributed by atoms with E-state index in [0.29, 0.717) is 23.2 Å². The van der Waals surface area contributed by atoms with Crippen LogP contribution in [0.3, 0.4) is 0 Å². The standard InChI is InChI=1S/C34H47N7O2/c1-6-41(29-9-10-36-23(3)16-29)32-18-27(26-7-8-28(37-19-26)21-40-13-11-35-12-14-40)17-30(25(32)5)33(42)38-20-31-22(2)15-24(4)39-34(31)43/h7-8,15,17-19,23,29,35-36H,6,9-14,16,20-21H2,1-5H3,(H,38,42)(H,39,43). The third kappa shape index (κ3) is 7.34. The van der Waals surface area contributed by atoms with E-state index in [1.165, 1.54) is 0 Å². The fourth-order valence-electron chi connectivity index (χ4n) is 6.57. The summed E-state index contributed by atoms with van der Waals surface area (Å²) in [5.74, 6) is -0.182. The van der Waals surface area contributed by atoms with E-state index in [0.717, 1.165) is 98.0 Å². The summed E-state index contributed by atoms with van der Waals surface area (Å²) in [4.78, 5) is 39.0. The zero-order chi connectivity index (χ0) is 30.5. The summed E-state index contributed by atoms with van der Waals surface area (Å²) in [5.41, 5.74) is 7.76. The number of piperazine rings is 1. The lowest BCUT2D eigenvalue weighted by Crippen LogP contribution is -2.47. The molecule has 2 fully saturated rings. The Labute approximate surface area is 255 Å². The maximum Gasteiger partial charge on any atom is 0.253 e. The highest BCUT2D eigenvalue weighted by atomic mass is 16.1. The van der Waals surface area contributed by atoms with Gasteiger partial charge in [-0.2, -0.15) is 0 Å². The lowest BCUT2D eigenvalue weighted by molar-refractivity contribution is 0.0950. The summed E-state index contributed by atoms with van der Waals surface area (Å²) in [6, 6.07) is 11.2. The van der Waals surface area contributed by atoms with Crippen molar-refractivity contribution in [1.82, 2.24) is 30.8 Å². The number of carbonyl (C=O) groups is 1. The zero-order valence-electron chi connectivity index (χ0n) is 26.3. The number of nitrogens with one attached hydrogen (secondary N) is 4. The highest BCUT2D eigenvalue weighted by molar-refractivity contribution is 5.99. The lowest BCUT2D eigenvalue weighted by atomic mass is 9.94. The van der Waals surface area contributed by atoms with Crippen molar-refractivity contribution in [2.75, 3.05) is 44.2 Å². The SMILES string of the molecule is CCN(c1cc(-c2ccc(CN3CCNCC3)nc2)cc(C(=O)NCc2c(C)cc(C)[nH]c2=O)c1C)C1CCNC(C)C1. The number of anilines is 1. The van der Waals surface area contributed by atoms with Gasteiger partial charge >= 0.3 is 0 Å². The highest BCUT2D eigenvalue weighted by Crippen LogP contribution is 2.34. The predicted molar refractivity (Wildman–Crippen MR) is 174 cm³/mol. The molecule has 2 aliphatic heterocycles. The molecule has 2 atom stereocenters. The second kappa shape index (κ2) is 13.8. The quantitative estimate of drug-likeness (QED) is 0.304. The van der Waals surface area contributed by atoms with Crippen LogP contribution in [0.4, 0.5) is 5.69 Å². The minimum Gasteiger partial charge on any atom is -0.368 e. The Bertz CT molecular complexity index is 1480. The Hall–Kier alpha value is -3.53. The number of piperidine rings is 1. The molecule has 9 heteroatoms. The largest absolute Gasteiger partial charge is 0.368 e. The maximum atomic E-state index is 13.8. The molecule has 2 aromatic heterocycles. The smallest absolute Gasteiger partial charge is 0.253 e. The van der Waals surface area contributed by atoms with Gasteiger partial charge in [0.1, 0.15) is 0 Å². The molecule has 1 amide bonds. The van der Waals surface area contributed by atoms with Gasteiger partial charge in [-0.1, -0.05) is 6.07 Å². The number of aromatic amines is 1. The normalized spacial score (nSPS) is 19.3. The number of aromatic nitrogens is 2. The molecule has 4 heterocycles. The molecule has 0 spiro atoms. The first-order valence-electron chi connectivity index (χ1n) is 15.7. The van der Waals surface area contributed by atoms with Gasteiger partial charge in [0.25, 0.3) is 11.5 Å². The maximum absolute atomic E-state index is 13.8. The molecule has 43 heavy (non-hydrogen) atoms. The van der Waals surface area contributed by atoms with Crippen LogP contribution in [0.5, 0.6) is 0 Å². The van der Waals surface area contributed by atoms with Gasteiger partial charge in [0.15, 0.2) is 0 Å². The number of rotatable bonds is 9. The van der Waals surface area contributed by atoms with Crippen LogP contribution in [0.15, 0.2) is 41.3 Å². The van der Waals surface area contributed by atoms with Gasteiger partial charge in [0, 0.05) is 92.2 Å². The second-order valence-corrected chi connectivity index (χ2v) is 12.2. The van der Waals surface area contributed by atoms with Crippen molar-refractivity contribution in [3.63, 3.8) is 0 Å². The third-order valence-electron chi connectivity index (χ3n) is 8.98. The number of benzene rings is 1. The molecule has 2 saturated heterocycles. The number of nitrogens with zero attached hydrogens (tertiary/aromatic N) is 3. The van der Waals surface area contributed by atoms with Crippen LogP contribution in [0.25, 0.3) is 11.1 Å². The van der Waals surface area contributed by atoms with Crippen molar-refractivity contribution in [1.29, 1.82) is 0 Å². The Kier molecular flexibility index (Phi) is 9.95. The summed E-state index contributed by atoms with van der Waals surface area (Å²) in [7, 11) is 0. The van der Waals surface area contributed by atoms with Crippen molar-refractivity contribution >= 4 is 11.6 Å². The van der Waals surface area contributed by atoms with E-state index < -0.39 is 0 Å². The highest BCUT2D eigenvalue weighted by Gasteiger charge is 2.27. The molecule has 1 aromatic carbocycles. The third-order valence-corrected chi connectivity index (χ3v) is 8.98. The number of H-pyrrole nitrogens is 1. The molecule has 3 aromatic rings. The molecule has 230 valence electrons. The van der Waals surface area contributed by atoms with Crippen LogP contribution < -0.4 is 26.4 Å². The molecule has 0 bridgehead atoms. The Morgan fingerprint density at radius 3 is 2.56 bits per heavy atom. The minimum atomic E-state index is -0.182. The average molecular weight is 586 g/mol. The molecule has 0 aliphatic carbocycles. The molecule has 2 aliphatic rings. The van der Waals surface area contributed by atoms with Crippen molar-refractivity contribution in [3.8, 4) is 11.1 Å². The molecule has 0 radical (unpaired) electrons. The first-order valence-corrected chi connectivity index (χ1v) is 15.7. The lowest BCUT2D eigenvalue weighted by Gasteiger charge is -2.39. The van der Waals surface area contributed by atoms with E-state index in [1.807, 2.05) is 39.1 Å². The van der Waals surface area contributed by atoms with E-state index in [1.54, 1.807) is 0 Å². The van der Waals surface area contributed by atoms with E-state index >= 15 is 0 Å². The molecule has 4 N–H and O–H groups in total. The second-order valence-electron chi connectivity index (χ2n) is 12.2. The summed E-state index contributed by atoms with van der Waals surface area (Å²) < 4.78 is 0. The van der Waals surface area contributed by atoms with Crippen LogP contribution in [0.1, 0.15) is 65.1 Å². The zero-order valence-corrected chi connectivity index (χ0v) is 26.3. The molecule has 9 nitrogen and oxygen atoms in total. The molecule has 0 saturated carbocycles. The van der Waals surface area contributed by atoms with Gasteiger partial charge in [-0.3, -0.25) is 19.5 Å². The molecule has 2 unspecified atom stereocenters. The van der Waals surface area contributed by atoms with Gasteiger partial charge < -0.3 is 25.8 Å². The molecular formula is C34H47N7O2. The first kappa shape index (κ1) is 30.9. The van der Waals surface area contributed by atoms with Crippen molar-refractivity contribution in [2.45, 2.75) is 72.6 Å². The van der Waals surface area contributed by atoms with Gasteiger partial charge in [0.05, 0.1) is 5.69 Å². The fourth-order valence-corrected chi connectivity index (χ4v) is 6.57. The van der Waals surface area contributed by atoms with E-state index in [-0.39, 0.29) is 18.0 Å². The number of hydrogen-bond acceptors (Lipinski definition) is 7. The van der Waals surface area contributed by atoms with Crippen LogP contribution in [-0.2, 0) is 13.1 Å². The van der Waals surface area contributed by atoms with E-state index in [2.05, 4.69) is 62.8 Å². The van der Waals surface area contributed by atoms with Crippen LogP contribution >= 0.6 is 0 Å².